The highest BCUT2D eigenvalue weighted by Gasteiger charge is 2.62. The Labute approximate surface area is 143 Å². The molecule has 2 atom stereocenters. The molecule has 2 heterocycles. The van der Waals surface area contributed by atoms with Crippen molar-refractivity contribution in [2.24, 2.45) is 11.3 Å². The SMILES string of the molecule is C=CCN1C[C@H](C)[C@]2(C(=C)c3ccccc3N(CCC)C2=O)C1=O. The highest BCUT2D eigenvalue weighted by molar-refractivity contribution is 6.25. The van der Waals surface area contributed by atoms with Crippen LogP contribution in [0.2, 0.25) is 0 Å². The Hall–Kier alpha value is -2.36. The van der Waals surface area contributed by atoms with Crippen LogP contribution in [0.25, 0.3) is 5.57 Å². The quantitative estimate of drug-likeness (QED) is 0.631. The molecule has 24 heavy (non-hydrogen) atoms. The van der Waals surface area contributed by atoms with Gasteiger partial charge in [-0.3, -0.25) is 9.59 Å². The van der Waals surface area contributed by atoms with Gasteiger partial charge in [0.15, 0.2) is 5.41 Å². The molecule has 2 aliphatic rings. The molecule has 0 aromatic heterocycles. The maximum absolute atomic E-state index is 13.5. The van der Waals surface area contributed by atoms with Crippen LogP contribution in [0, 0.1) is 11.3 Å². The van der Waals surface area contributed by atoms with E-state index in [-0.39, 0.29) is 17.7 Å². The minimum Gasteiger partial charge on any atom is -0.337 e. The average Bonchev–Trinajstić information content (AvgIpc) is 2.82. The predicted molar refractivity (Wildman–Crippen MR) is 96.5 cm³/mol. The number of carbonyl (C=O) groups excluding carboxylic acids is 2. The van der Waals surface area contributed by atoms with E-state index in [1.54, 1.807) is 15.9 Å². The van der Waals surface area contributed by atoms with Gasteiger partial charge in [-0.15, -0.1) is 6.58 Å². The number of rotatable bonds is 4. The predicted octanol–water partition coefficient (Wildman–Crippen LogP) is 3.11. The second-order valence-corrected chi connectivity index (χ2v) is 6.66. The molecule has 0 aliphatic carbocycles. The fourth-order valence-corrected chi connectivity index (χ4v) is 4.13. The number of para-hydroxylation sites is 1. The summed E-state index contributed by atoms with van der Waals surface area (Å²) in [6.45, 7) is 13.6. The second kappa shape index (κ2) is 5.93. The highest BCUT2D eigenvalue weighted by atomic mass is 16.2. The fraction of sp³-hybridized carbons (Fsp3) is 0.400. The molecule has 0 saturated carbocycles. The number of benzene rings is 1. The number of likely N-dealkylation sites (tertiary alicyclic amines) is 1. The van der Waals surface area contributed by atoms with Crippen LogP contribution in [-0.4, -0.2) is 36.3 Å². The number of hydrogen-bond acceptors (Lipinski definition) is 2. The summed E-state index contributed by atoms with van der Waals surface area (Å²) < 4.78 is 0. The molecule has 1 fully saturated rings. The number of fused-ring (bicyclic) bond motifs is 1. The van der Waals surface area contributed by atoms with Crippen molar-refractivity contribution in [3.8, 4) is 0 Å². The zero-order valence-corrected chi connectivity index (χ0v) is 14.4. The third kappa shape index (κ3) is 1.98. The second-order valence-electron chi connectivity index (χ2n) is 6.66. The van der Waals surface area contributed by atoms with Crippen molar-refractivity contribution in [3.05, 3.63) is 49.1 Å². The normalized spacial score (nSPS) is 26.2. The van der Waals surface area contributed by atoms with Gasteiger partial charge in [0.1, 0.15) is 0 Å². The van der Waals surface area contributed by atoms with Gasteiger partial charge in [0, 0.05) is 31.1 Å². The Morgan fingerprint density at radius 2 is 2.00 bits per heavy atom. The summed E-state index contributed by atoms with van der Waals surface area (Å²) >= 11 is 0. The molecule has 2 aliphatic heterocycles. The molecule has 0 N–H and O–H groups in total. The Bertz CT molecular complexity index is 724. The van der Waals surface area contributed by atoms with E-state index in [9.17, 15) is 9.59 Å². The third-order valence-electron chi connectivity index (χ3n) is 5.23. The van der Waals surface area contributed by atoms with Crippen molar-refractivity contribution < 1.29 is 9.59 Å². The van der Waals surface area contributed by atoms with Crippen LogP contribution >= 0.6 is 0 Å². The Morgan fingerprint density at radius 1 is 1.29 bits per heavy atom. The summed E-state index contributed by atoms with van der Waals surface area (Å²) in [5.41, 5.74) is 1.24. The van der Waals surface area contributed by atoms with Gasteiger partial charge in [0.05, 0.1) is 5.69 Å². The van der Waals surface area contributed by atoms with Crippen LogP contribution in [0.15, 0.2) is 43.5 Å². The molecule has 2 amide bonds. The number of nitrogens with zero attached hydrogens (tertiary/aromatic N) is 2. The van der Waals surface area contributed by atoms with Gasteiger partial charge in [-0.2, -0.15) is 0 Å². The van der Waals surface area contributed by atoms with E-state index in [0.29, 0.717) is 25.2 Å². The minimum atomic E-state index is -1.17. The van der Waals surface area contributed by atoms with Gasteiger partial charge < -0.3 is 9.80 Å². The van der Waals surface area contributed by atoms with Crippen molar-refractivity contribution >= 4 is 23.1 Å². The molecule has 0 unspecified atom stereocenters. The average molecular weight is 324 g/mol. The number of carbonyl (C=O) groups is 2. The van der Waals surface area contributed by atoms with Crippen LogP contribution in [0.5, 0.6) is 0 Å². The maximum atomic E-state index is 13.5. The Kier molecular flexibility index (Phi) is 4.08. The van der Waals surface area contributed by atoms with Crippen LogP contribution in [0.4, 0.5) is 5.69 Å². The molecule has 0 bridgehead atoms. The fourth-order valence-electron chi connectivity index (χ4n) is 4.13. The first-order valence-electron chi connectivity index (χ1n) is 8.51. The van der Waals surface area contributed by atoms with Gasteiger partial charge in [-0.25, -0.2) is 0 Å². The van der Waals surface area contributed by atoms with Gasteiger partial charge in [-0.1, -0.05) is 44.7 Å². The van der Waals surface area contributed by atoms with Crippen LogP contribution < -0.4 is 4.90 Å². The Morgan fingerprint density at radius 3 is 2.67 bits per heavy atom. The summed E-state index contributed by atoms with van der Waals surface area (Å²) in [4.78, 5) is 30.2. The van der Waals surface area contributed by atoms with E-state index in [1.807, 2.05) is 38.1 Å². The van der Waals surface area contributed by atoms with Gasteiger partial charge in [0.25, 0.3) is 0 Å². The first-order valence-corrected chi connectivity index (χ1v) is 8.51. The lowest BCUT2D eigenvalue weighted by Gasteiger charge is -2.42. The first-order chi connectivity index (χ1) is 11.5. The number of amides is 2. The largest absolute Gasteiger partial charge is 0.337 e. The van der Waals surface area contributed by atoms with Crippen molar-refractivity contribution in [1.82, 2.24) is 4.90 Å². The van der Waals surface area contributed by atoms with E-state index in [0.717, 1.165) is 17.7 Å². The molecule has 1 aromatic carbocycles. The molecule has 4 nitrogen and oxygen atoms in total. The molecule has 1 aromatic rings. The smallest absolute Gasteiger partial charge is 0.247 e. The number of anilines is 1. The van der Waals surface area contributed by atoms with Crippen LogP contribution in [0.3, 0.4) is 0 Å². The summed E-state index contributed by atoms with van der Waals surface area (Å²) in [7, 11) is 0. The van der Waals surface area contributed by atoms with Crippen LogP contribution in [0.1, 0.15) is 25.8 Å². The third-order valence-corrected chi connectivity index (χ3v) is 5.23. The minimum absolute atomic E-state index is 0.113. The summed E-state index contributed by atoms with van der Waals surface area (Å²) in [5, 5.41) is 0. The zero-order valence-electron chi connectivity index (χ0n) is 14.4. The Balaban J connectivity index is 2.19. The molecule has 0 radical (unpaired) electrons. The summed E-state index contributed by atoms with van der Waals surface area (Å²) in [5.74, 6) is -0.379. The lowest BCUT2D eigenvalue weighted by atomic mass is 9.67. The number of hydrogen-bond donors (Lipinski definition) is 0. The van der Waals surface area contributed by atoms with Crippen molar-refractivity contribution in [2.75, 3.05) is 24.5 Å². The van der Waals surface area contributed by atoms with Crippen LogP contribution in [-0.2, 0) is 9.59 Å². The molecule has 3 rings (SSSR count). The molecule has 1 saturated heterocycles. The maximum Gasteiger partial charge on any atom is 0.247 e. The van der Waals surface area contributed by atoms with E-state index >= 15 is 0 Å². The van der Waals surface area contributed by atoms with Gasteiger partial charge >= 0.3 is 0 Å². The highest BCUT2D eigenvalue weighted by Crippen LogP contribution is 2.53. The summed E-state index contributed by atoms with van der Waals surface area (Å²) in [6, 6.07) is 7.75. The van der Waals surface area contributed by atoms with Crippen molar-refractivity contribution in [3.63, 3.8) is 0 Å². The zero-order chi connectivity index (χ0) is 17.5. The van der Waals surface area contributed by atoms with E-state index in [1.165, 1.54) is 0 Å². The monoisotopic (exact) mass is 324 g/mol. The standard InChI is InChI=1S/C20H24N2O2/c1-5-11-21-13-14(3)20(18(21)23)15(4)16-9-7-8-10-17(16)22(12-6-2)19(20)24/h5,7-10,14H,1,4,6,11-13H2,2-3H3/t14-,20-/m0/s1. The lowest BCUT2D eigenvalue weighted by Crippen LogP contribution is -2.54. The van der Waals surface area contributed by atoms with E-state index < -0.39 is 5.41 Å². The molecular formula is C20H24N2O2. The summed E-state index contributed by atoms with van der Waals surface area (Å²) in [6.07, 6.45) is 2.54. The van der Waals surface area contributed by atoms with Crippen molar-refractivity contribution in [2.45, 2.75) is 20.3 Å². The van der Waals surface area contributed by atoms with Gasteiger partial charge in [0.2, 0.25) is 11.8 Å². The molecular weight excluding hydrogens is 300 g/mol. The molecule has 4 heteroatoms. The first kappa shape index (κ1) is 16.5. The van der Waals surface area contributed by atoms with Crippen molar-refractivity contribution in [1.29, 1.82) is 0 Å². The topological polar surface area (TPSA) is 40.6 Å². The van der Waals surface area contributed by atoms with E-state index in [4.69, 9.17) is 0 Å². The van der Waals surface area contributed by atoms with Gasteiger partial charge in [-0.05, 0) is 18.1 Å². The van der Waals surface area contributed by atoms with E-state index in [2.05, 4.69) is 13.2 Å². The lowest BCUT2D eigenvalue weighted by molar-refractivity contribution is -0.141. The molecule has 126 valence electrons. The molecule has 1 spiro atoms.